The molecule has 0 aromatic rings. The van der Waals surface area contributed by atoms with Crippen LogP contribution in [0.25, 0.3) is 0 Å². The van der Waals surface area contributed by atoms with Gasteiger partial charge in [-0.1, -0.05) is 13.3 Å². The summed E-state index contributed by atoms with van der Waals surface area (Å²) in [5.74, 6) is 0. The monoisotopic (exact) mass is 157 g/mol. The Bertz CT molecular complexity index is 93.7. The van der Waals surface area contributed by atoms with Crippen molar-refractivity contribution in [2.45, 2.75) is 51.2 Å². The van der Waals surface area contributed by atoms with Crippen molar-refractivity contribution < 1.29 is 4.74 Å². The first kappa shape index (κ1) is 9.01. The van der Waals surface area contributed by atoms with Gasteiger partial charge in [0.1, 0.15) is 0 Å². The quantitative estimate of drug-likeness (QED) is 0.674. The van der Waals surface area contributed by atoms with E-state index in [1.54, 1.807) is 0 Å². The van der Waals surface area contributed by atoms with Crippen molar-refractivity contribution in [2.75, 3.05) is 6.54 Å². The Hall–Kier alpha value is -0.0800. The van der Waals surface area contributed by atoms with E-state index in [0.717, 1.165) is 13.0 Å². The Morgan fingerprint density at radius 1 is 1.27 bits per heavy atom. The third-order valence-corrected chi connectivity index (χ3v) is 2.29. The van der Waals surface area contributed by atoms with Crippen LogP contribution in [0.2, 0.25) is 0 Å². The van der Waals surface area contributed by atoms with Gasteiger partial charge in [-0.2, -0.15) is 0 Å². The van der Waals surface area contributed by atoms with Gasteiger partial charge in [0.05, 0.1) is 12.2 Å². The summed E-state index contributed by atoms with van der Waals surface area (Å²) in [6.45, 7) is 2.98. The predicted octanol–water partition coefficient (Wildman–Crippen LogP) is 1.68. The van der Waals surface area contributed by atoms with E-state index in [1.807, 2.05) is 0 Å². The molecule has 0 aromatic heterocycles. The molecule has 0 bridgehead atoms. The highest BCUT2D eigenvalue weighted by Gasteiger charge is 2.23. The van der Waals surface area contributed by atoms with Crippen LogP contribution >= 0.6 is 0 Å². The summed E-state index contributed by atoms with van der Waals surface area (Å²) in [6.07, 6.45) is 6.98. The standard InChI is InChI=1S/C9H19NO/c1-2-3-8-4-5-9(11-8)6-7-10/h8-9H,2-7,10H2,1H3/t8-,9+/m1/s1. The Morgan fingerprint density at radius 3 is 2.45 bits per heavy atom. The second-order valence-corrected chi connectivity index (χ2v) is 3.32. The predicted molar refractivity (Wildman–Crippen MR) is 46.5 cm³/mol. The van der Waals surface area contributed by atoms with Crippen LogP contribution in [0.1, 0.15) is 39.0 Å². The molecule has 11 heavy (non-hydrogen) atoms. The third-order valence-electron chi connectivity index (χ3n) is 2.29. The summed E-state index contributed by atoms with van der Waals surface area (Å²) in [5, 5.41) is 0. The average molecular weight is 157 g/mol. The molecule has 1 rings (SSSR count). The van der Waals surface area contributed by atoms with Gasteiger partial charge >= 0.3 is 0 Å². The average Bonchev–Trinajstić information content (AvgIpc) is 2.38. The summed E-state index contributed by atoms with van der Waals surface area (Å²) in [6, 6.07) is 0. The molecule has 66 valence electrons. The zero-order valence-corrected chi connectivity index (χ0v) is 7.38. The third kappa shape index (κ3) is 2.80. The first-order valence-electron chi connectivity index (χ1n) is 4.72. The molecule has 2 nitrogen and oxygen atoms in total. The van der Waals surface area contributed by atoms with Crippen LogP contribution in [0.3, 0.4) is 0 Å². The molecule has 2 N–H and O–H groups in total. The van der Waals surface area contributed by atoms with Crippen LogP contribution in [-0.2, 0) is 4.74 Å². The van der Waals surface area contributed by atoms with Crippen molar-refractivity contribution in [1.29, 1.82) is 0 Å². The minimum atomic E-state index is 0.469. The molecular formula is C9H19NO. The molecule has 1 aliphatic rings. The molecule has 1 heterocycles. The van der Waals surface area contributed by atoms with Gasteiger partial charge in [0.2, 0.25) is 0 Å². The van der Waals surface area contributed by atoms with E-state index in [0.29, 0.717) is 12.2 Å². The lowest BCUT2D eigenvalue weighted by atomic mass is 10.1. The van der Waals surface area contributed by atoms with Crippen LogP contribution in [-0.4, -0.2) is 18.8 Å². The van der Waals surface area contributed by atoms with Crippen molar-refractivity contribution in [3.63, 3.8) is 0 Å². The van der Waals surface area contributed by atoms with Crippen LogP contribution < -0.4 is 5.73 Å². The van der Waals surface area contributed by atoms with Gasteiger partial charge in [0.15, 0.2) is 0 Å². The fraction of sp³-hybridized carbons (Fsp3) is 1.00. The van der Waals surface area contributed by atoms with E-state index in [-0.39, 0.29) is 0 Å². The smallest absolute Gasteiger partial charge is 0.0591 e. The SMILES string of the molecule is CCC[C@@H]1CC[C@@H](CCN)O1. The highest BCUT2D eigenvalue weighted by Crippen LogP contribution is 2.24. The largest absolute Gasteiger partial charge is 0.375 e. The topological polar surface area (TPSA) is 35.2 Å². The molecule has 1 saturated heterocycles. The molecule has 2 atom stereocenters. The molecule has 0 aromatic carbocycles. The van der Waals surface area contributed by atoms with Gasteiger partial charge in [0, 0.05) is 0 Å². The Balaban J connectivity index is 2.12. The highest BCUT2D eigenvalue weighted by atomic mass is 16.5. The summed E-state index contributed by atoms with van der Waals surface area (Å²) < 4.78 is 5.76. The van der Waals surface area contributed by atoms with E-state index >= 15 is 0 Å². The van der Waals surface area contributed by atoms with Crippen LogP contribution in [0.15, 0.2) is 0 Å². The molecule has 1 fully saturated rings. The fourth-order valence-corrected chi connectivity index (χ4v) is 1.71. The van der Waals surface area contributed by atoms with Gasteiger partial charge in [-0.25, -0.2) is 0 Å². The Morgan fingerprint density at radius 2 is 1.91 bits per heavy atom. The fourth-order valence-electron chi connectivity index (χ4n) is 1.71. The molecule has 0 saturated carbocycles. The van der Waals surface area contributed by atoms with Crippen molar-refractivity contribution >= 4 is 0 Å². The first-order valence-corrected chi connectivity index (χ1v) is 4.72. The second-order valence-electron chi connectivity index (χ2n) is 3.32. The summed E-state index contributed by atoms with van der Waals surface area (Å²) in [4.78, 5) is 0. The molecule has 0 aliphatic carbocycles. The van der Waals surface area contributed by atoms with Crippen molar-refractivity contribution in [3.05, 3.63) is 0 Å². The number of rotatable bonds is 4. The lowest BCUT2D eigenvalue weighted by Gasteiger charge is -2.11. The van der Waals surface area contributed by atoms with E-state index < -0.39 is 0 Å². The minimum Gasteiger partial charge on any atom is -0.375 e. The molecule has 2 heteroatoms. The maximum Gasteiger partial charge on any atom is 0.0591 e. The van der Waals surface area contributed by atoms with Gasteiger partial charge in [-0.15, -0.1) is 0 Å². The van der Waals surface area contributed by atoms with Crippen molar-refractivity contribution in [3.8, 4) is 0 Å². The van der Waals surface area contributed by atoms with Crippen molar-refractivity contribution in [2.24, 2.45) is 5.73 Å². The van der Waals surface area contributed by atoms with Crippen molar-refractivity contribution in [1.82, 2.24) is 0 Å². The number of hydrogen-bond donors (Lipinski definition) is 1. The molecular weight excluding hydrogens is 138 g/mol. The molecule has 0 spiro atoms. The molecule has 0 radical (unpaired) electrons. The van der Waals surface area contributed by atoms with Crippen LogP contribution in [0, 0.1) is 0 Å². The number of hydrogen-bond acceptors (Lipinski definition) is 2. The van der Waals surface area contributed by atoms with Gasteiger partial charge in [-0.3, -0.25) is 0 Å². The van der Waals surface area contributed by atoms with E-state index in [1.165, 1.54) is 25.7 Å². The number of nitrogens with two attached hydrogens (primary N) is 1. The van der Waals surface area contributed by atoms with Gasteiger partial charge in [-0.05, 0) is 32.2 Å². The Labute approximate surface area is 69.1 Å². The summed E-state index contributed by atoms with van der Waals surface area (Å²) >= 11 is 0. The van der Waals surface area contributed by atoms with Gasteiger partial charge in [0.25, 0.3) is 0 Å². The molecule has 0 unspecified atom stereocenters. The number of ether oxygens (including phenoxy) is 1. The van der Waals surface area contributed by atoms with Crippen LogP contribution in [0.4, 0.5) is 0 Å². The van der Waals surface area contributed by atoms with E-state index in [2.05, 4.69) is 6.92 Å². The summed E-state index contributed by atoms with van der Waals surface area (Å²) in [7, 11) is 0. The zero-order chi connectivity index (χ0) is 8.10. The second kappa shape index (κ2) is 4.73. The van der Waals surface area contributed by atoms with E-state index in [9.17, 15) is 0 Å². The van der Waals surface area contributed by atoms with E-state index in [4.69, 9.17) is 10.5 Å². The minimum absolute atomic E-state index is 0.469. The first-order chi connectivity index (χ1) is 5.36. The van der Waals surface area contributed by atoms with Crippen LogP contribution in [0.5, 0.6) is 0 Å². The normalized spacial score (nSPS) is 31.1. The zero-order valence-electron chi connectivity index (χ0n) is 7.38. The maximum absolute atomic E-state index is 5.76. The molecule has 1 aliphatic heterocycles. The maximum atomic E-state index is 5.76. The lowest BCUT2D eigenvalue weighted by Crippen LogP contribution is -2.14. The highest BCUT2D eigenvalue weighted by molar-refractivity contribution is 4.73. The molecule has 0 amide bonds. The Kier molecular flexibility index (Phi) is 3.87. The summed E-state index contributed by atoms with van der Waals surface area (Å²) in [5.41, 5.74) is 5.45. The lowest BCUT2D eigenvalue weighted by molar-refractivity contribution is 0.0372. The van der Waals surface area contributed by atoms with Gasteiger partial charge < -0.3 is 10.5 Å².